The molecule has 0 unspecified atom stereocenters. The van der Waals surface area contributed by atoms with Gasteiger partial charge in [-0.3, -0.25) is 0 Å². The summed E-state index contributed by atoms with van der Waals surface area (Å²) in [6, 6.07) is 0. The molecule has 0 radical (unpaired) electrons. The van der Waals surface area contributed by atoms with Crippen LogP contribution in [0.2, 0.25) is 0 Å². The van der Waals surface area contributed by atoms with Gasteiger partial charge in [-0.1, -0.05) is 27.7 Å². The maximum absolute atomic E-state index is 5.70. The molecule has 0 saturated heterocycles. The summed E-state index contributed by atoms with van der Waals surface area (Å²) in [4.78, 5) is 2.38. The molecule has 15 heavy (non-hydrogen) atoms. The zero-order chi connectivity index (χ0) is 11.7. The van der Waals surface area contributed by atoms with Crippen LogP contribution in [0.15, 0.2) is 0 Å². The number of hydrogen-bond donors (Lipinski definition) is 1. The lowest BCUT2D eigenvalue weighted by molar-refractivity contribution is 0.0496. The van der Waals surface area contributed by atoms with Crippen LogP contribution in [0, 0.1) is 5.41 Å². The van der Waals surface area contributed by atoms with Crippen LogP contribution in [0.5, 0.6) is 0 Å². The van der Waals surface area contributed by atoms with Crippen molar-refractivity contribution in [3.05, 3.63) is 0 Å². The predicted octanol–water partition coefficient (Wildman–Crippen LogP) is 1.59. The Labute approximate surface area is 95.2 Å². The Kier molecular flexibility index (Phi) is 8.02. The van der Waals surface area contributed by atoms with E-state index < -0.39 is 0 Å². The van der Waals surface area contributed by atoms with Crippen LogP contribution in [-0.4, -0.2) is 51.3 Å². The van der Waals surface area contributed by atoms with Crippen LogP contribution in [-0.2, 0) is 4.74 Å². The molecule has 0 aromatic carbocycles. The molecule has 0 rings (SSSR count). The van der Waals surface area contributed by atoms with Gasteiger partial charge < -0.3 is 15.0 Å². The Morgan fingerprint density at radius 1 is 1.20 bits per heavy atom. The Morgan fingerprint density at radius 3 is 2.27 bits per heavy atom. The summed E-state index contributed by atoms with van der Waals surface area (Å²) < 4.78 is 5.70. The minimum Gasteiger partial charge on any atom is -0.380 e. The molecule has 0 atom stereocenters. The van der Waals surface area contributed by atoms with Gasteiger partial charge in [0.2, 0.25) is 0 Å². The van der Waals surface area contributed by atoms with Gasteiger partial charge in [-0.25, -0.2) is 0 Å². The Hall–Kier alpha value is -0.120. The second kappa shape index (κ2) is 8.08. The van der Waals surface area contributed by atoms with Gasteiger partial charge in [-0.15, -0.1) is 0 Å². The molecule has 0 heterocycles. The lowest BCUT2D eigenvalue weighted by atomic mass is 9.95. The summed E-state index contributed by atoms with van der Waals surface area (Å²) in [6.45, 7) is 14.8. The second-order valence-electron chi connectivity index (χ2n) is 4.77. The molecule has 3 heteroatoms. The zero-order valence-electron chi connectivity index (χ0n) is 11.1. The number of rotatable bonds is 9. The average molecular weight is 216 g/mol. The smallest absolute Gasteiger partial charge is 0.0593 e. The van der Waals surface area contributed by atoms with E-state index in [0.29, 0.717) is 0 Å². The summed E-state index contributed by atoms with van der Waals surface area (Å²) in [5.74, 6) is 0. The summed E-state index contributed by atoms with van der Waals surface area (Å²) in [7, 11) is 1.98. The van der Waals surface area contributed by atoms with Crippen LogP contribution < -0.4 is 5.32 Å². The van der Waals surface area contributed by atoms with Gasteiger partial charge in [0.25, 0.3) is 0 Å². The summed E-state index contributed by atoms with van der Waals surface area (Å²) in [6.07, 6.45) is 0. The molecular formula is C12H28N2O. The first-order chi connectivity index (χ1) is 7.05. The lowest BCUT2D eigenvalue weighted by Gasteiger charge is -2.25. The first-order valence-electron chi connectivity index (χ1n) is 6.00. The molecule has 0 aromatic heterocycles. The van der Waals surface area contributed by atoms with Gasteiger partial charge in [-0.05, 0) is 20.1 Å². The molecule has 0 aliphatic rings. The summed E-state index contributed by atoms with van der Waals surface area (Å²) in [5, 5.41) is 3.19. The van der Waals surface area contributed by atoms with Gasteiger partial charge in [0.1, 0.15) is 0 Å². The number of ether oxygens (including phenoxy) is 1. The van der Waals surface area contributed by atoms with Gasteiger partial charge in [0, 0.05) is 18.5 Å². The van der Waals surface area contributed by atoms with E-state index >= 15 is 0 Å². The highest BCUT2D eigenvalue weighted by molar-refractivity contribution is 4.69. The molecule has 1 N–H and O–H groups in total. The Balaban J connectivity index is 3.52. The van der Waals surface area contributed by atoms with Crippen molar-refractivity contribution < 1.29 is 4.74 Å². The van der Waals surface area contributed by atoms with E-state index in [1.807, 2.05) is 7.05 Å². The normalized spacial score (nSPS) is 12.4. The van der Waals surface area contributed by atoms with Crippen molar-refractivity contribution in [3.8, 4) is 0 Å². The van der Waals surface area contributed by atoms with Gasteiger partial charge >= 0.3 is 0 Å². The monoisotopic (exact) mass is 216 g/mol. The number of nitrogens with one attached hydrogen (secondary N) is 1. The van der Waals surface area contributed by atoms with E-state index in [2.05, 4.69) is 37.9 Å². The molecule has 0 saturated carbocycles. The molecule has 0 spiro atoms. The number of likely N-dealkylation sites (N-methyl/N-ethyl adjacent to an activating group) is 1. The SMILES string of the molecule is CCN(CC)CCOCC(C)(C)CNC. The van der Waals surface area contributed by atoms with E-state index in [1.165, 1.54) is 0 Å². The Morgan fingerprint density at radius 2 is 1.80 bits per heavy atom. The van der Waals surface area contributed by atoms with E-state index in [0.717, 1.165) is 39.4 Å². The molecule has 0 bridgehead atoms. The summed E-state index contributed by atoms with van der Waals surface area (Å²) in [5.41, 5.74) is 0.234. The van der Waals surface area contributed by atoms with Crippen LogP contribution in [0.25, 0.3) is 0 Å². The predicted molar refractivity (Wildman–Crippen MR) is 66.3 cm³/mol. The minimum absolute atomic E-state index is 0.234. The highest BCUT2D eigenvalue weighted by Gasteiger charge is 2.16. The van der Waals surface area contributed by atoms with Gasteiger partial charge in [0.15, 0.2) is 0 Å². The maximum atomic E-state index is 5.70. The third kappa shape index (κ3) is 7.77. The van der Waals surface area contributed by atoms with E-state index in [4.69, 9.17) is 4.74 Å². The van der Waals surface area contributed by atoms with Crippen molar-refractivity contribution in [1.29, 1.82) is 0 Å². The average Bonchev–Trinajstić information content (AvgIpc) is 2.18. The van der Waals surface area contributed by atoms with Gasteiger partial charge in [-0.2, -0.15) is 0 Å². The standard InChI is InChI=1S/C12H28N2O/c1-6-14(7-2)8-9-15-11-12(3,4)10-13-5/h13H,6-11H2,1-5H3. The Bertz CT molecular complexity index is 145. The number of hydrogen-bond acceptors (Lipinski definition) is 3. The largest absolute Gasteiger partial charge is 0.380 e. The van der Waals surface area contributed by atoms with E-state index in [-0.39, 0.29) is 5.41 Å². The zero-order valence-corrected chi connectivity index (χ0v) is 11.1. The first-order valence-corrected chi connectivity index (χ1v) is 6.00. The molecule has 0 amide bonds. The molecule has 3 nitrogen and oxygen atoms in total. The third-order valence-corrected chi connectivity index (χ3v) is 2.59. The molecule has 0 aliphatic heterocycles. The van der Waals surface area contributed by atoms with Crippen molar-refractivity contribution in [1.82, 2.24) is 10.2 Å². The quantitative estimate of drug-likeness (QED) is 0.592. The van der Waals surface area contributed by atoms with E-state index in [9.17, 15) is 0 Å². The molecule has 0 aromatic rings. The lowest BCUT2D eigenvalue weighted by Crippen LogP contribution is -2.33. The molecule has 0 fully saturated rings. The van der Waals surface area contributed by atoms with Crippen molar-refractivity contribution in [2.75, 3.05) is 46.4 Å². The van der Waals surface area contributed by atoms with Crippen molar-refractivity contribution in [3.63, 3.8) is 0 Å². The number of nitrogens with zero attached hydrogens (tertiary/aromatic N) is 1. The van der Waals surface area contributed by atoms with Crippen LogP contribution in [0.4, 0.5) is 0 Å². The van der Waals surface area contributed by atoms with Gasteiger partial charge in [0.05, 0.1) is 13.2 Å². The minimum atomic E-state index is 0.234. The first kappa shape index (κ1) is 14.9. The van der Waals surface area contributed by atoms with Crippen LogP contribution >= 0.6 is 0 Å². The highest BCUT2D eigenvalue weighted by atomic mass is 16.5. The van der Waals surface area contributed by atoms with Crippen LogP contribution in [0.1, 0.15) is 27.7 Å². The fourth-order valence-corrected chi connectivity index (χ4v) is 1.61. The summed E-state index contributed by atoms with van der Waals surface area (Å²) >= 11 is 0. The molecular weight excluding hydrogens is 188 g/mol. The van der Waals surface area contributed by atoms with Crippen molar-refractivity contribution in [2.24, 2.45) is 5.41 Å². The maximum Gasteiger partial charge on any atom is 0.0593 e. The van der Waals surface area contributed by atoms with Crippen molar-refractivity contribution in [2.45, 2.75) is 27.7 Å². The second-order valence-corrected chi connectivity index (χ2v) is 4.77. The topological polar surface area (TPSA) is 24.5 Å². The fraction of sp³-hybridized carbons (Fsp3) is 1.00. The molecule has 92 valence electrons. The molecule has 0 aliphatic carbocycles. The third-order valence-electron chi connectivity index (χ3n) is 2.59. The van der Waals surface area contributed by atoms with Crippen LogP contribution in [0.3, 0.4) is 0 Å². The van der Waals surface area contributed by atoms with E-state index in [1.54, 1.807) is 0 Å². The highest BCUT2D eigenvalue weighted by Crippen LogP contribution is 2.13. The fourth-order valence-electron chi connectivity index (χ4n) is 1.61. The van der Waals surface area contributed by atoms with Crippen molar-refractivity contribution >= 4 is 0 Å².